The highest BCUT2D eigenvalue weighted by atomic mass is 16.5. The lowest BCUT2D eigenvalue weighted by atomic mass is 9.88. The van der Waals surface area contributed by atoms with E-state index in [4.69, 9.17) is 4.74 Å². The average molecular weight is 288 g/mol. The monoisotopic (exact) mass is 288 g/mol. The van der Waals surface area contributed by atoms with E-state index in [-0.39, 0.29) is 5.92 Å². The lowest BCUT2D eigenvalue weighted by Gasteiger charge is -2.34. The van der Waals surface area contributed by atoms with Crippen LogP contribution < -0.4 is 10.1 Å². The largest absolute Gasteiger partial charge is 0.496 e. The molecule has 2 aliphatic heterocycles. The van der Waals surface area contributed by atoms with Crippen LogP contribution in [0.2, 0.25) is 0 Å². The van der Waals surface area contributed by atoms with Crippen LogP contribution in [0.15, 0.2) is 24.3 Å². The highest BCUT2D eigenvalue weighted by Crippen LogP contribution is 2.34. The second-order valence-electron chi connectivity index (χ2n) is 6.22. The average Bonchev–Trinajstić information content (AvgIpc) is 2.94. The molecule has 0 aromatic heterocycles. The number of likely N-dealkylation sites (tertiary alicyclic amines) is 1. The normalized spacial score (nSPS) is 23.7. The van der Waals surface area contributed by atoms with Crippen LogP contribution in [0.25, 0.3) is 0 Å². The fourth-order valence-electron chi connectivity index (χ4n) is 3.37. The molecule has 2 atom stereocenters. The molecular formula is C17H24N2O2. The number of carbonyl (C=O) groups is 1. The number of nitrogens with one attached hydrogen (secondary N) is 1. The topological polar surface area (TPSA) is 41.6 Å². The number of methoxy groups -OCH3 is 1. The molecule has 21 heavy (non-hydrogen) atoms. The van der Waals surface area contributed by atoms with E-state index in [0.717, 1.165) is 38.3 Å². The van der Waals surface area contributed by atoms with Gasteiger partial charge < -0.3 is 15.0 Å². The number of amides is 1. The van der Waals surface area contributed by atoms with Crippen molar-refractivity contribution in [2.75, 3.05) is 33.3 Å². The molecule has 0 radical (unpaired) electrons. The molecule has 4 heteroatoms. The van der Waals surface area contributed by atoms with Crippen molar-refractivity contribution < 1.29 is 9.53 Å². The fourth-order valence-corrected chi connectivity index (χ4v) is 3.37. The predicted molar refractivity (Wildman–Crippen MR) is 82.5 cm³/mol. The van der Waals surface area contributed by atoms with Crippen molar-refractivity contribution >= 4 is 5.91 Å². The first-order valence-corrected chi connectivity index (χ1v) is 7.83. The summed E-state index contributed by atoms with van der Waals surface area (Å²) in [7, 11) is 1.71. The molecule has 2 fully saturated rings. The Bertz CT molecular complexity index is 513. The molecule has 1 aromatic rings. The summed E-state index contributed by atoms with van der Waals surface area (Å²) in [5.74, 6) is 2.31. The summed E-state index contributed by atoms with van der Waals surface area (Å²) in [5.41, 5.74) is 1.23. The zero-order chi connectivity index (χ0) is 14.8. The molecule has 0 aliphatic carbocycles. The van der Waals surface area contributed by atoms with E-state index in [1.807, 2.05) is 23.1 Å². The minimum absolute atomic E-state index is 0.141. The third kappa shape index (κ3) is 2.77. The van der Waals surface area contributed by atoms with Gasteiger partial charge in [0.2, 0.25) is 5.91 Å². The third-order valence-corrected chi connectivity index (χ3v) is 4.99. The van der Waals surface area contributed by atoms with Gasteiger partial charge in [0.05, 0.1) is 7.11 Å². The van der Waals surface area contributed by atoms with Crippen LogP contribution in [0.5, 0.6) is 5.75 Å². The lowest BCUT2D eigenvalue weighted by Crippen LogP contribution is -2.50. The summed E-state index contributed by atoms with van der Waals surface area (Å²) in [6.45, 7) is 5.73. The number of hydrogen-bond acceptors (Lipinski definition) is 3. The number of para-hydroxylation sites is 1. The lowest BCUT2D eigenvalue weighted by molar-refractivity contribution is -0.136. The minimum atomic E-state index is 0.141. The molecule has 4 nitrogen and oxygen atoms in total. The van der Waals surface area contributed by atoms with E-state index in [1.54, 1.807) is 7.11 Å². The highest BCUT2D eigenvalue weighted by Gasteiger charge is 2.35. The van der Waals surface area contributed by atoms with Crippen molar-refractivity contribution in [3.05, 3.63) is 29.8 Å². The van der Waals surface area contributed by atoms with Crippen LogP contribution in [0.3, 0.4) is 0 Å². The van der Waals surface area contributed by atoms with Crippen LogP contribution >= 0.6 is 0 Å². The maximum Gasteiger partial charge on any atom is 0.225 e. The summed E-state index contributed by atoms with van der Waals surface area (Å²) in [6, 6.07) is 8.16. The van der Waals surface area contributed by atoms with E-state index in [2.05, 4.69) is 18.3 Å². The molecule has 2 heterocycles. The van der Waals surface area contributed by atoms with Crippen LogP contribution in [0, 0.1) is 11.8 Å². The van der Waals surface area contributed by atoms with Gasteiger partial charge in [-0.1, -0.05) is 25.1 Å². The standard InChI is InChI=1S/C17H24N2O2/c1-12(14-9-18-10-14)17(20)19-8-7-13(11-19)15-5-3-4-6-16(15)21-2/h3-6,12-14,18H,7-11H2,1-2H3. The number of nitrogens with zero attached hydrogens (tertiary/aromatic N) is 1. The summed E-state index contributed by atoms with van der Waals surface area (Å²) in [6.07, 6.45) is 1.03. The Balaban J connectivity index is 1.66. The summed E-state index contributed by atoms with van der Waals surface area (Å²) >= 11 is 0. The molecule has 2 saturated heterocycles. The maximum atomic E-state index is 12.6. The molecule has 0 saturated carbocycles. The first-order valence-electron chi connectivity index (χ1n) is 7.83. The molecule has 2 aliphatic rings. The first-order chi connectivity index (χ1) is 10.2. The third-order valence-electron chi connectivity index (χ3n) is 4.99. The van der Waals surface area contributed by atoms with Crippen molar-refractivity contribution in [3.8, 4) is 5.75 Å². The van der Waals surface area contributed by atoms with Gasteiger partial charge in [-0.15, -0.1) is 0 Å². The number of hydrogen-bond donors (Lipinski definition) is 1. The number of carbonyl (C=O) groups excluding carboxylic acids is 1. The molecule has 114 valence electrons. The zero-order valence-corrected chi connectivity index (χ0v) is 12.8. The molecule has 1 aromatic carbocycles. The molecule has 2 unspecified atom stereocenters. The number of benzene rings is 1. The SMILES string of the molecule is COc1ccccc1C1CCN(C(=O)C(C)C2CNC2)C1. The van der Waals surface area contributed by atoms with Crippen molar-refractivity contribution in [1.82, 2.24) is 10.2 Å². The molecular weight excluding hydrogens is 264 g/mol. The van der Waals surface area contributed by atoms with Crippen molar-refractivity contribution in [1.29, 1.82) is 0 Å². The molecule has 3 rings (SSSR count). The minimum Gasteiger partial charge on any atom is -0.496 e. The predicted octanol–water partition coefficient (Wildman–Crippen LogP) is 1.87. The van der Waals surface area contributed by atoms with E-state index in [1.165, 1.54) is 5.56 Å². The zero-order valence-electron chi connectivity index (χ0n) is 12.8. The van der Waals surface area contributed by atoms with Gasteiger partial charge >= 0.3 is 0 Å². The van der Waals surface area contributed by atoms with Crippen LogP contribution in [0.1, 0.15) is 24.8 Å². The molecule has 1 amide bonds. The Morgan fingerprint density at radius 2 is 2.14 bits per heavy atom. The van der Waals surface area contributed by atoms with Gasteiger partial charge in [-0.25, -0.2) is 0 Å². The summed E-state index contributed by atoms with van der Waals surface area (Å²) in [5, 5.41) is 3.25. The summed E-state index contributed by atoms with van der Waals surface area (Å²) in [4.78, 5) is 14.6. The van der Waals surface area contributed by atoms with Gasteiger partial charge in [-0.2, -0.15) is 0 Å². The van der Waals surface area contributed by atoms with E-state index in [0.29, 0.717) is 17.7 Å². The van der Waals surface area contributed by atoms with E-state index < -0.39 is 0 Å². The van der Waals surface area contributed by atoms with Crippen molar-refractivity contribution in [2.45, 2.75) is 19.3 Å². The number of rotatable bonds is 4. The molecule has 0 spiro atoms. The Hall–Kier alpha value is -1.55. The van der Waals surface area contributed by atoms with E-state index >= 15 is 0 Å². The van der Waals surface area contributed by atoms with Gasteiger partial charge in [0, 0.05) is 24.9 Å². The van der Waals surface area contributed by atoms with Gasteiger partial charge in [-0.05, 0) is 37.1 Å². The van der Waals surface area contributed by atoms with Crippen LogP contribution in [-0.4, -0.2) is 44.1 Å². The fraction of sp³-hybridized carbons (Fsp3) is 0.588. The quantitative estimate of drug-likeness (QED) is 0.919. The smallest absolute Gasteiger partial charge is 0.225 e. The van der Waals surface area contributed by atoms with Gasteiger partial charge in [0.15, 0.2) is 0 Å². The van der Waals surface area contributed by atoms with Gasteiger partial charge in [0.25, 0.3) is 0 Å². The Labute approximate surface area is 126 Å². The molecule has 1 N–H and O–H groups in total. The van der Waals surface area contributed by atoms with Crippen molar-refractivity contribution in [3.63, 3.8) is 0 Å². The van der Waals surface area contributed by atoms with Crippen LogP contribution in [-0.2, 0) is 4.79 Å². The van der Waals surface area contributed by atoms with Crippen LogP contribution in [0.4, 0.5) is 0 Å². The first kappa shape index (κ1) is 14.4. The summed E-state index contributed by atoms with van der Waals surface area (Å²) < 4.78 is 5.45. The second-order valence-corrected chi connectivity index (χ2v) is 6.22. The molecule has 0 bridgehead atoms. The van der Waals surface area contributed by atoms with Gasteiger partial charge in [-0.3, -0.25) is 4.79 Å². The Morgan fingerprint density at radius 3 is 2.81 bits per heavy atom. The second kappa shape index (κ2) is 6.06. The highest BCUT2D eigenvalue weighted by molar-refractivity contribution is 5.79. The van der Waals surface area contributed by atoms with Gasteiger partial charge in [0.1, 0.15) is 5.75 Å². The number of ether oxygens (including phenoxy) is 1. The van der Waals surface area contributed by atoms with Crippen molar-refractivity contribution in [2.24, 2.45) is 11.8 Å². The Morgan fingerprint density at radius 1 is 1.38 bits per heavy atom. The maximum absolute atomic E-state index is 12.6. The van der Waals surface area contributed by atoms with E-state index in [9.17, 15) is 4.79 Å². The Kier molecular flexibility index (Phi) is 4.15.